The van der Waals surface area contributed by atoms with Gasteiger partial charge in [0.25, 0.3) is 5.91 Å². The maximum absolute atomic E-state index is 12.5. The Morgan fingerprint density at radius 2 is 1.85 bits per heavy atom. The average molecular weight is 283 g/mol. The maximum Gasteiger partial charge on any atom is 0.416 e. The van der Waals surface area contributed by atoms with Crippen molar-refractivity contribution in [1.29, 1.82) is 0 Å². The highest BCUT2D eigenvalue weighted by molar-refractivity contribution is 6.03. The van der Waals surface area contributed by atoms with E-state index in [9.17, 15) is 22.8 Å². The number of nitrogens with one attached hydrogen (secondary N) is 1. The molecule has 0 atom stereocenters. The second-order valence-electron chi connectivity index (χ2n) is 3.92. The number of hydrogen-bond acceptors (Lipinski definition) is 3. The number of hydrogen-bond donors (Lipinski definition) is 2. The number of rotatable bonds is 1. The van der Waals surface area contributed by atoms with Crippen LogP contribution < -0.4 is 11.1 Å². The van der Waals surface area contributed by atoms with Crippen molar-refractivity contribution in [1.82, 2.24) is 10.3 Å². The summed E-state index contributed by atoms with van der Waals surface area (Å²) in [6.45, 7) is 0. The van der Waals surface area contributed by atoms with Crippen LogP contribution in [0.25, 0.3) is 10.9 Å². The zero-order valence-corrected chi connectivity index (χ0v) is 9.86. The van der Waals surface area contributed by atoms with Gasteiger partial charge in [0.1, 0.15) is 5.69 Å². The number of urea groups is 1. The monoisotopic (exact) mass is 283 g/mol. The van der Waals surface area contributed by atoms with Crippen molar-refractivity contribution in [3.8, 4) is 0 Å². The van der Waals surface area contributed by atoms with Gasteiger partial charge < -0.3 is 5.73 Å². The molecule has 0 fully saturated rings. The molecule has 0 saturated heterocycles. The normalized spacial score (nSPS) is 11.3. The lowest BCUT2D eigenvalue weighted by atomic mass is 10.1. The average Bonchev–Trinajstić information content (AvgIpc) is 2.35. The number of fused-ring (bicyclic) bond motifs is 1. The Bertz CT molecular complexity index is 698. The Hall–Kier alpha value is -2.64. The second kappa shape index (κ2) is 4.80. The topological polar surface area (TPSA) is 85.1 Å². The first-order chi connectivity index (χ1) is 9.27. The molecule has 20 heavy (non-hydrogen) atoms. The number of aromatic nitrogens is 1. The number of benzene rings is 1. The smallest absolute Gasteiger partial charge is 0.351 e. The molecule has 0 saturated carbocycles. The Labute approximate surface area is 110 Å². The van der Waals surface area contributed by atoms with Gasteiger partial charge in [-0.3, -0.25) is 10.1 Å². The first-order valence-electron chi connectivity index (χ1n) is 5.36. The lowest BCUT2D eigenvalue weighted by Crippen LogP contribution is -2.35. The summed E-state index contributed by atoms with van der Waals surface area (Å²) in [7, 11) is 0. The standard InChI is InChI=1S/C12H8F3N3O2/c13-12(14,15)7-2-4-8-6(5-7)1-3-9(17-8)10(19)18-11(16)20/h1-5H,(H3,16,18,19,20). The van der Waals surface area contributed by atoms with Crippen molar-refractivity contribution in [3.63, 3.8) is 0 Å². The summed E-state index contributed by atoms with van der Waals surface area (Å²) in [6, 6.07) is 4.43. The SMILES string of the molecule is NC(=O)NC(=O)c1ccc2cc(C(F)(F)F)ccc2n1. The Kier molecular flexibility index (Phi) is 3.31. The van der Waals surface area contributed by atoms with E-state index in [1.54, 1.807) is 0 Å². The van der Waals surface area contributed by atoms with E-state index >= 15 is 0 Å². The summed E-state index contributed by atoms with van der Waals surface area (Å²) < 4.78 is 37.6. The molecule has 2 rings (SSSR count). The quantitative estimate of drug-likeness (QED) is 0.840. The summed E-state index contributed by atoms with van der Waals surface area (Å²) in [6.07, 6.45) is -4.45. The van der Waals surface area contributed by atoms with Crippen LogP contribution in [0.5, 0.6) is 0 Å². The molecule has 0 aliphatic heterocycles. The van der Waals surface area contributed by atoms with Gasteiger partial charge in [-0.15, -0.1) is 0 Å². The number of imide groups is 1. The predicted octanol–water partition coefficient (Wildman–Crippen LogP) is 2.06. The molecular formula is C12H8F3N3O2. The van der Waals surface area contributed by atoms with Gasteiger partial charge in [-0.1, -0.05) is 6.07 Å². The van der Waals surface area contributed by atoms with Crippen LogP contribution in [0.4, 0.5) is 18.0 Å². The first kappa shape index (κ1) is 13.8. The lowest BCUT2D eigenvalue weighted by molar-refractivity contribution is -0.137. The molecule has 0 unspecified atom stereocenters. The molecule has 3 amide bonds. The lowest BCUT2D eigenvalue weighted by Gasteiger charge is -2.08. The van der Waals surface area contributed by atoms with Crippen molar-refractivity contribution >= 4 is 22.8 Å². The van der Waals surface area contributed by atoms with Crippen molar-refractivity contribution in [3.05, 3.63) is 41.6 Å². The van der Waals surface area contributed by atoms with Gasteiger partial charge in [-0.25, -0.2) is 9.78 Å². The number of carbonyl (C=O) groups is 2. The second-order valence-corrected chi connectivity index (χ2v) is 3.92. The van der Waals surface area contributed by atoms with Crippen LogP contribution >= 0.6 is 0 Å². The van der Waals surface area contributed by atoms with E-state index in [0.29, 0.717) is 0 Å². The molecule has 1 aromatic heterocycles. The van der Waals surface area contributed by atoms with E-state index in [4.69, 9.17) is 5.73 Å². The van der Waals surface area contributed by atoms with Crippen molar-refractivity contribution in [2.75, 3.05) is 0 Å². The summed E-state index contributed by atoms with van der Waals surface area (Å²) in [5, 5.41) is 2.05. The number of carbonyl (C=O) groups excluding carboxylic acids is 2. The van der Waals surface area contributed by atoms with Crippen LogP contribution in [0.1, 0.15) is 16.1 Å². The number of nitrogens with two attached hydrogens (primary N) is 1. The van der Waals surface area contributed by atoms with Crippen molar-refractivity contribution in [2.45, 2.75) is 6.18 Å². The highest BCUT2D eigenvalue weighted by Gasteiger charge is 2.30. The van der Waals surface area contributed by atoms with E-state index < -0.39 is 23.7 Å². The van der Waals surface area contributed by atoms with Crippen LogP contribution in [-0.4, -0.2) is 16.9 Å². The molecule has 1 heterocycles. The Balaban J connectivity index is 2.41. The van der Waals surface area contributed by atoms with Gasteiger partial charge in [-0.05, 0) is 24.3 Å². The number of pyridine rings is 1. The van der Waals surface area contributed by atoms with Crippen molar-refractivity contribution < 1.29 is 22.8 Å². The minimum atomic E-state index is -4.45. The minimum absolute atomic E-state index is 0.115. The van der Waals surface area contributed by atoms with E-state index in [2.05, 4.69) is 4.98 Å². The molecule has 0 bridgehead atoms. The predicted molar refractivity (Wildman–Crippen MR) is 63.8 cm³/mol. The molecule has 0 aliphatic rings. The fourth-order valence-corrected chi connectivity index (χ4v) is 1.60. The van der Waals surface area contributed by atoms with Crippen LogP contribution in [0, 0.1) is 0 Å². The molecule has 0 aliphatic carbocycles. The molecular weight excluding hydrogens is 275 g/mol. The van der Waals surface area contributed by atoms with Gasteiger partial charge in [0.05, 0.1) is 11.1 Å². The van der Waals surface area contributed by atoms with Gasteiger partial charge in [0, 0.05) is 5.39 Å². The molecule has 5 nitrogen and oxygen atoms in total. The van der Waals surface area contributed by atoms with Crippen LogP contribution in [-0.2, 0) is 6.18 Å². The number of nitrogens with zero attached hydrogens (tertiary/aromatic N) is 1. The number of halogens is 3. The summed E-state index contributed by atoms with van der Waals surface area (Å²) in [4.78, 5) is 25.9. The van der Waals surface area contributed by atoms with Crippen LogP contribution in [0.3, 0.4) is 0 Å². The largest absolute Gasteiger partial charge is 0.416 e. The molecule has 0 spiro atoms. The molecule has 2 aromatic rings. The van der Waals surface area contributed by atoms with Gasteiger partial charge in [0.15, 0.2) is 0 Å². The zero-order chi connectivity index (χ0) is 14.9. The third kappa shape index (κ3) is 2.85. The first-order valence-corrected chi connectivity index (χ1v) is 5.36. The van der Waals surface area contributed by atoms with Gasteiger partial charge in [-0.2, -0.15) is 13.2 Å². The highest BCUT2D eigenvalue weighted by Crippen LogP contribution is 2.31. The third-order valence-corrected chi connectivity index (χ3v) is 2.49. The van der Waals surface area contributed by atoms with Crippen LogP contribution in [0.2, 0.25) is 0 Å². The fourth-order valence-electron chi connectivity index (χ4n) is 1.60. The van der Waals surface area contributed by atoms with E-state index in [1.165, 1.54) is 12.1 Å². The zero-order valence-electron chi connectivity index (χ0n) is 9.86. The fraction of sp³-hybridized carbons (Fsp3) is 0.0833. The number of alkyl halides is 3. The number of primary amides is 1. The molecule has 0 radical (unpaired) electrons. The summed E-state index contributed by atoms with van der Waals surface area (Å²) >= 11 is 0. The van der Waals surface area contributed by atoms with E-state index in [-0.39, 0.29) is 16.6 Å². The van der Waals surface area contributed by atoms with E-state index in [0.717, 1.165) is 18.2 Å². The van der Waals surface area contributed by atoms with Gasteiger partial charge >= 0.3 is 12.2 Å². The molecule has 1 aromatic carbocycles. The van der Waals surface area contributed by atoms with Gasteiger partial charge in [0.2, 0.25) is 0 Å². The minimum Gasteiger partial charge on any atom is -0.351 e. The molecule has 3 N–H and O–H groups in total. The summed E-state index contributed by atoms with van der Waals surface area (Å²) in [5.41, 5.74) is 4.07. The van der Waals surface area contributed by atoms with Crippen LogP contribution in [0.15, 0.2) is 30.3 Å². The Morgan fingerprint density at radius 3 is 2.45 bits per heavy atom. The highest BCUT2D eigenvalue weighted by atomic mass is 19.4. The summed E-state index contributed by atoms with van der Waals surface area (Å²) in [5.74, 6) is -0.820. The third-order valence-electron chi connectivity index (χ3n) is 2.49. The van der Waals surface area contributed by atoms with E-state index in [1.807, 2.05) is 5.32 Å². The molecule has 104 valence electrons. The maximum atomic E-state index is 12.5. The Morgan fingerprint density at radius 1 is 1.15 bits per heavy atom. The number of amides is 3. The molecule has 8 heteroatoms. The van der Waals surface area contributed by atoms with Crippen molar-refractivity contribution in [2.24, 2.45) is 5.73 Å².